The maximum atomic E-state index is 11.6. The number of nitrogens with one attached hydrogen (secondary N) is 1. The first-order valence-corrected chi connectivity index (χ1v) is 4.99. The van der Waals surface area contributed by atoms with Crippen LogP contribution in [0.3, 0.4) is 0 Å². The molecule has 0 fully saturated rings. The summed E-state index contributed by atoms with van der Waals surface area (Å²) in [5.74, 6) is -0.588. The summed E-state index contributed by atoms with van der Waals surface area (Å²) in [5, 5.41) is 0.810. The number of H-pyrrole nitrogens is 1. The molecule has 2 heterocycles. The Balaban J connectivity index is 2.59. The normalized spacial score (nSPS) is 10.6. The van der Waals surface area contributed by atoms with Gasteiger partial charge in [-0.2, -0.15) is 0 Å². The highest BCUT2D eigenvalue weighted by Gasteiger charge is 2.13. The van der Waals surface area contributed by atoms with E-state index in [1.165, 1.54) is 0 Å². The van der Waals surface area contributed by atoms with Crippen molar-refractivity contribution in [3.05, 3.63) is 34.2 Å². The molecule has 2 aromatic heterocycles. The van der Waals surface area contributed by atoms with Crippen LogP contribution >= 0.6 is 0 Å². The Labute approximate surface area is 91.6 Å². The van der Waals surface area contributed by atoms with Gasteiger partial charge in [-0.05, 0) is 19.1 Å². The van der Waals surface area contributed by atoms with Gasteiger partial charge in [0.05, 0.1) is 6.61 Å². The second-order valence-electron chi connectivity index (χ2n) is 3.46. The van der Waals surface area contributed by atoms with E-state index in [2.05, 4.69) is 4.98 Å². The van der Waals surface area contributed by atoms with Crippen LogP contribution in [0.25, 0.3) is 11.0 Å². The molecule has 0 aromatic carbocycles. The molecule has 2 aromatic rings. The van der Waals surface area contributed by atoms with Crippen molar-refractivity contribution in [3.8, 4) is 0 Å². The second kappa shape index (κ2) is 3.84. The number of aromatic nitrogens is 2. The number of nitrogens with zero attached hydrogens (tertiary/aromatic N) is 1. The van der Waals surface area contributed by atoms with Crippen LogP contribution in [0.2, 0.25) is 0 Å². The third-order valence-electron chi connectivity index (χ3n) is 2.38. The summed E-state index contributed by atoms with van der Waals surface area (Å²) in [5.41, 5.74) is 0.311. The first kappa shape index (κ1) is 10.5. The Morgan fingerprint density at radius 1 is 1.56 bits per heavy atom. The van der Waals surface area contributed by atoms with Gasteiger partial charge in [0.1, 0.15) is 11.2 Å². The Morgan fingerprint density at radius 3 is 3.00 bits per heavy atom. The lowest BCUT2D eigenvalue weighted by atomic mass is 10.2. The zero-order valence-corrected chi connectivity index (χ0v) is 9.11. The summed E-state index contributed by atoms with van der Waals surface area (Å²) in [6.07, 6.45) is 1.82. The highest BCUT2D eigenvalue weighted by Crippen LogP contribution is 2.11. The predicted octanol–water partition coefficient (Wildman–Crippen LogP) is 1.04. The fourth-order valence-corrected chi connectivity index (χ4v) is 1.58. The minimum Gasteiger partial charge on any atom is -0.462 e. The fourth-order valence-electron chi connectivity index (χ4n) is 1.58. The molecular formula is C11H12N2O3. The molecule has 0 amide bonds. The number of carbonyl (C=O) groups excluding carboxylic acids is 1. The third kappa shape index (κ3) is 1.60. The molecule has 1 N–H and O–H groups in total. The molecule has 2 rings (SSSR count). The second-order valence-corrected chi connectivity index (χ2v) is 3.46. The minimum absolute atomic E-state index is 0.0422. The Kier molecular flexibility index (Phi) is 2.52. The highest BCUT2D eigenvalue weighted by atomic mass is 16.5. The number of esters is 1. The number of hydrogen-bond acceptors (Lipinski definition) is 3. The largest absolute Gasteiger partial charge is 0.462 e. The molecular weight excluding hydrogens is 208 g/mol. The average molecular weight is 220 g/mol. The zero-order chi connectivity index (χ0) is 11.7. The lowest BCUT2D eigenvalue weighted by Gasteiger charge is -2.01. The SMILES string of the molecule is CCOC(=O)c1cc2ccn(C)c2[nH]c1=O. The maximum absolute atomic E-state index is 11.6. The van der Waals surface area contributed by atoms with Crippen molar-refractivity contribution < 1.29 is 9.53 Å². The summed E-state index contributed by atoms with van der Waals surface area (Å²) < 4.78 is 6.58. The smallest absolute Gasteiger partial charge is 0.343 e. The molecule has 0 radical (unpaired) electrons. The molecule has 0 atom stereocenters. The van der Waals surface area contributed by atoms with Gasteiger partial charge in [-0.3, -0.25) is 4.79 Å². The standard InChI is InChI=1S/C11H12N2O3/c1-3-16-11(15)8-6-7-4-5-13(2)9(7)12-10(8)14/h4-6H,3H2,1-2H3,(H,12,14). The van der Waals surface area contributed by atoms with Crippen LogP contribution in [0.15, 0.2) is 23.1 Å². The van der Waals surface area contributed by atoms with Gasteiger partial charge in [0.2, 0.25) is 0 Å². The number of rotatable bonds is 2. The average Bonchev–Trinajstić information content (AvgIpc) is 2.59. The van der Waals surface area contributed by atoms with Gasteiger partial charge in [-0.15, -0.1) is 0 Å². The van der Waals surface area contributed by atoms with Gasteiger partial charge in [0.15, 0.2) is 0 Å². The summed E-state index contributed by atoms with van der Waals surface area (Å²) in [6.45, 7) is 1.96. The van der Waals surface area contributed by atoms with Crippen molar-refractivity contribution >= 4 is 17.0 Å². The molecule has 0 unspecified atom stereocenters. The molecule has 0 saturated heterocycles. The van der Waals surface area contributed by atoms with Crippen molar-refractivity contribution in [2.45, 2.75) is 6.92 Å². The number of ether oxygens (including phenoxy) is 1. The zero-order valence-electron chi connectivity index (χ0n) is 9.11. The van der Waals surface area contributed by atoms with E-state index in [1.54, 1.807) is 17.6 Å². The lowest BCUT2D eigenvalue weighted by Crippen LogP contribution is -2.19. The first-order chi connectivity index (χ1) is 7.63. The Bertz CT molecular complexity index is 595. The van der Waals surface area contributed by atoms with E-state index in [-0.39, 0.29) is 12.2 Å². The molecule has 0 saturated carbocycles. The van der Waals surface area contributed by atoms with E-state index < -0.39 is 11.5 Å². The van der Waals surface area contributed by atoms with Crippen LogP contribution in [0.1, 0.15) is 17.3 Å². The van der Waals surface area contributed by atoms with E-state index in [0.717, 1.165) is 5.39 Å². The van der Waals surface area contributed by atoms with Crippen LogP contribution in [-0.2, 0) is 11.8 Å². The van der Waals surface area contributed by atoms with Crippen LogP contribution in [0.5, 0.6) is 0 Å². The topological polar surface area (TPSA) is 64.1 Å². The molecule has 0 bridgehead atoms. The summed E-state index contributed by atoms with van der Waals surface area (Å²) in [4.78, 5) is 25.7. The van der Waals surface area contributed by atoms with Crippen molar-refractivity contribution in [1.29, 1.82) is 0 Å². The Morgan fingerprint density at radius 2 is 2.31 bits per heavy atom. The third-order valence-corrected chi connectivity index (χ3v) is 2.38. The van der Waals surface area contributed by atoms with E-state index >= 15 is 0 Å². The summed E-state index contributed by atoms with van der Waals surface area (Å²) in [6, 6.07) is 3.38. The van der Waals surface area contributed by atoms with Crippen molar-refractivity contribution in [1.82, 2.24) is 9.55 Å². The number of carbonyl (C=O) groups is 1. The lowest BCUT2D eigenvalue weighted by molar-refractivity contribution is 0.0524. The van der Waals surface area contributed by atoms with Gasteiger partial charge in [-0.25, -0.2) is 4.79 Å². The first-order valence-electron chi connectivity index (χ1n) is 4.99. The van der Waals surface area contributed by atoms with Gasteiger partial charge >= 0.3 is 5.97 Å². The minimum atomic E-state index is -0.588. The quantitative estimate of drug-likeness (QED) is 0.769. The molecule has 5 nitrogen and oxygen atoms in total. The monoisotopic (exact) mass is 220 g/mol. The molecule has 0 aliphatic heterocycles. The highest BCUT2D eigenvalue weighted by molar-refractivity contribution is 5.93. The van der Waals surface area contributed by atoms with E-state index in [1.807, 2.05) is 19.3 Å². The summed E-state index contributed by atoms with van der Waals surface area (Å²) >= 11 is 0. The molecule has 0 spiro atoms. The summed E-state index contributed by atoms with van der Waals surface area (Å²) in [7, 11) is 1.82. The van der Waals surface area contributed by atoms with E-state index in [0.29, 0.717) is 5.65 Å². The fraction of sp³-hybridized carbons (Fsp3) is 0.273. The van der Waals surface area contributed by atoms with Gasteiger partial charge in [-0.1, -0.05) is 0 Å². The van der Waals surface area contributed by atoms with Crippen molar-refractivity contribution in [2.24, 2.45) is 7.05 Å². The van der Waals surface area contributed by atoms with Gasteiger partial charge in [0, 0.05) is 18.6 Å². The van der Waals surface area contributed by atoms with E-state index in [9.17, 15) is 9.59 Å². The molecule has 16 heavy (non-hydrogen) atoms. The molecule has 84 valence electrons. The molecule has 0 aliphatic carbocycles. The Hall–Kier alpha value is -2.04. The van der Waals surface area contributed by atoms with Crippen LogP contribution in [0.4, 0.5) is 0 Å². The number of fused-ring (bicyclic) bond motifs is 1. The van der Waals surface area contributed by atoms with Crippen molar-refractivity contribution in [3.63, 3.8) is 0 Å². The van der Waals surface area contributed by atoms with Gasteiger partial charge < -0.3 is 14.3 Å². The van der Waals surface area contributed by atoms with E-state index in [4.69, 9.17) is 4.74 Å². The maximum Gasteiger partial charge on any atom is 0.343 e. The number of hydrogen-bond donors (Lipinski definition) is 1. The van der Waals surface area contributed by atoms with Crippen molar-refractivity contribution in [2.75, 3.05) is 6.61 Å². The van der Waals surface area contributed by atoms with Crippen LogP contribution in [-0.4, -0.2) is 22.1 Å². The van der Waals surface area contributed by atoms with Gasteiger partial charge in [0.25, 0.3) is 5.56 Å². The molecule has 0 aliphatic rings. The van der Waals surface area contributed by atoms with Crippen LogP contribution in [0, 0.1) is 0 Å². The predicted molar refractivity (Wildman–Crippen MR) is 59.5 cm³/mol. The number of aryl methyl sites for hydroxylation is 1. The van der Waals surface area contributed by atoms with Crippen LogP contribution < -0.4 is 5.56 Å². The number of pyridine rings is 1. The number of aromatic amines is 1. The molecule has 5 heteroatoms.